The molecule has 84 valence electrons. The third-order valence-corrected chi connectivity index (χ3v) is 3.81. The second-order valence-electron chi connectivity index (χ2n) is 3.97. The highest BCUT2D eigenvalue weighted by Crippen LogP contribution is 2.40. The topological polar surface area (TPSA) is 20.3 Å². The lowest BCUT2D eigenvalue weighted by molar-refractivity contribution is -0.118. The van der Waals surface area contributed by atoms with Crippen molar-refractivity contribution in [3.05, 3.63) is 30.1 Å². The largest absolute Gasteiger partial charge is 0.272 e. The summed E-state index contributed by atoms with van der Waals surface area (Å²) in [6.07, 6.45) is 0. The number of hydrogen-bond acceptors (Lipinski definition) is 3. The SMILES string of the molecule is CC1(C)SC(=S)N(c2ccccc2F)C1=O. The van der Waals surface area contributed by atoms with Crippen molar-refractivity contribution in [2.75, 3.05) is 4.90 Å². The van der Waals surface area contributed by atoms with E-state index >= 15 is 0 Å². The number of carbonyl (C=O) groups is 1. The number of rotatable bonds is 1. The van der Waals surface area contributed by atoms with Crippen LogP contribution in [-0.2, 0) is 4.79 Å². The van der Waals surface area contributed by atoms with E-state index in [0.29, 0.717) is 4.32 Å². The predicted octanol–water partition coefficient (Wildman–Crippen LogP) is 2.97. The zero-order valence-electron chi connectivity index (χ0n) is 8.86. The Hall–Kier alpha value is -0.940. The lowest BCUT2D eigenvalue weighted by atomic mass is 10.1. The Morgan fingerprint density at radius 1 is 1.38 bits per heavy atom. The molecule has 0 N–H and O–H groups in total. The molecular weight excluding hydrogens is 245 g/mol. The molecule has 1 fully saturated rings. The van der Waals surface area contributed by atoms with Crippen molar-refractivity contribution in [1.29, 1.82) is 0 Å². The zero-order chi connectivity index (χ0) is 11.9. The lowest BCUT2D eigenvalue weighted by Crippen LogP contribution is -2.36. The maximum Gasteiger partial charge on any atom is 0.248 e. The first-order chi connectivity index (χ1) is 7.43. The summed E-state index contributed by atoms with van der Waals surface area (Å²) in [7, 11) is 0. The van der Waals surface area contributed by atoms with Crippen LogP contribution in [0.4, 0.5) is 10.1 Å². The van der Waals surface area contributed by atoms with Crippen molar-refractivity contribution in [1.82, 2.24) is 0 Å². The normalized spacial score (nSPS) is 19.3. The number of carbonyl (C=O) groups excluding carboxylic acids is 1. The van der Waals surface area contributed by atoms with Crippen molar-refractivity contribution in [2.45, 2.75) is 18.6 Å². The monoisotopic (exact) mass is 255 g/mol. The van der Waals surface area contributed by atoms with Crippen molar-refractivity contribution in [3.8, 4) is 0 Å². The number of thiocarbonyl (C=S) groups is 1. The van der Waals surface area contributed by atoms with E-state index in [4.69, 9.17) is 12.2 Å². The molecule has 0 radical (unpaired) electrons. The van der Waals surface area contributed by atoms with Gasteiger partial charge in [-0.3, -0.25) is 9.69 Å². The van der Waals surface area contributed by atoms with Gasteiger partial charge in [-0.25, -0.2) is 4.39 Å². The number of hydrogen-bond donors (Lipinski definition) is 0. The molecule has 0 saturated carbocycles. The Balaban J connectivity index is 2.47. The molecule has 1 heterocycles. The molecule has 2 rings (SSSR count). The molecular formula is C11H10FNOS2. The lowest BCUT2D eigenvalue weighted by Gasteiger charge is -2.17. The first-order valence-electron chi connectivity index (χ1n) is 4.75. The van der Waals surface area contributed by atoms with Crippen LogP contribution in [0.2, 0.25) is 0 Å². The molecule has 0 unspecified atom stereocenters. The fourth-order valence-electron chi connectivity index (χ4n) is 1.50. The fourth-order valence-corrected chi connectivity index (χ4v) is 3.19. The van der Waals surface area contributed by atoms with Crippen molar-refractivity contribution in [3.63, 3.8) is 0 Å². The van der Waals surface area contributed by atoms with Gasteiger partial charge in [0.05, 0.1) is 10.4 Å². The van der Waals surface area contributed by atoms with Gasteiger partial charge < -0.3 is 0 Å². The average molecular weight is 255 g/mol. The summed E-state index contributed by atoms with van der Waals surface area (Å²) in [5.41, 5.74) is 0.232. The van der Waals surface area contributed by atoms with Gasteiger partial charge in [-0.1, -0.05) is 36.1 Å². The van der Waals surface area contributed by atoms with Gasteiger partial charge in [-0.15, -0.1) is 0 Å². The second-order valence-corrected chi connectivity index (χ2v) is 6.23. The summed E-state index contributed by atoms with van der Waals surface area (Å²) >= 11 is 6.39. The molecule has 0 spiro atoms. The molecule has 5 heteroatoms. The number of halogens is 1. The van der Waals surface area contributed by atoms with E-state index in [0.717, 1.165) is 0 Å². The van der Waals surface area contributed by atoms with Crippen LogP contribution in [0.3, 0.4) is 0 Å². The fraction of sp³-hybridized carbons (Fsp3) is 0.273. The van der Waals surface area contributed by atoms with E-state index in [1.807, 2.05) is 0 Å². The van der Waals surface area contributed by atoms with Crippen LogP contribution in [0.15, 0.2) is 24.3 Å². The van der Waals surface area contributed by atoms with Gasteiger partial charge in [-0.2, -0.15) is 0 Å². The first kappa shape index (κ1) is 11.5. The molecule has 1 amide bonds. The van der Waals surface area contributed by atoms with Gasteiger partial charge >= 0.3 is 0 Å². The van der Waals surface area contributed by atoms with Crippen molar-refractivity contribution < 1.29 is 9.18 Å². The van der Waals surface area contributed by atoms with E-state index in [-0.39, 0.29) is 11.6 Å². The number of benzene rings is 1. The molecule has 16 heavy (non-hydrogen) atoms. The van der Waals surface area contributed by atoms with Crippen LogP contribution in [-0.4, -0.2) is 15.0 Å². The van der Waals surface area contributed by atoms with Gasteiger partial charge in [0.15, 0.2) is 0 Å². The maximum atomic E-state index is 13.6. The summed E-state index contributed by atoms with van der Waals surface area (Å²) in [5, 5.41) is 0. The van der Waals surface area contributed by atoms with Crippen LogP contribution in [0, 0.1) is 5.82 Å². The molecule has 0 bridgehead atoms. The predicted molar refractivity (Wildman–Crippen MR) is 68.2 cm³/mol. The van der Waals surface area contributed by atoms with Gasteiger partial charge in [0.2, 0.25) is 5.91 Å². The van der Waals surface area contributed by atoms with Crippen molar-refractivity contribution in [2.24, 2.45) is 0 Å². The Kier molecular flexibility index (Phi) is 2.75. The van der Waals surface area contributed by atoms with Gasteiger partial charge in [-0.05, 0) is 26.0 Å². The number of thioether (sulfide) groups is 1. The molecule has 0 atom stereocenters. The molecule has 1 aromatic carbocycles. The molecule has 1 aromatic rings. The highest BCUT2D eigenvalue weighted by atomic mass is 32.2. The number of amides is 1. The third kappa shape index (κ3) is 1.74. The number of anilines is 1. The highest BCUT2D eigenvalue weighted by molar-refractivity contribution is 8.25. The maximum absolute atomic E-state index is 13.6. The van der Waals surface area contributed by atoms with Crippen LogP contribution in [0.1, 0.15) is 13.8 Å². The Morgan fingerprint density at radius 3 is 2.50 bits per heavy atom. The number of para-hydroxylation sites is 1. The van der Waals surface area contributed by atoms with Crippen LogP contribution >= 0.6 is 24.0 Å². The molecule has 1 aliphatic heterocycles. The van der Waals surface area contributed by atoms with Gasteiger partial charge in [0.25, 0.3) is 0 Å². The van der Waals surface area contributed by atoms with E-state index in [9.17, 15) is 9.18 Å². The summed E-state index contributed by atoms with van der Waals surface area (Å²) in [6, 6.07) is 6.15. The number of nitrogens with zero attached hydrogens (tertiary/aromatic N) is 1. The van der Waals surface area contributed by atoms with Crippen LogP contribution in [0.25, 0.3) is 0 Å². The molecule has 1 saturated heterocycles. The smallest absolute Gasteiger partial charge is 0.248 e. The van der Waals surface area contributed by atoms with E-state index in [1.165, 1.54) is 22.7 Å². The Morgan fingerprint density at radius 2 is 2.00 bits per heavy atom. The minimum absolute atomic E-state index is 0.174. The third-order valence-electron chi connectivity index (χ3n) is 2.34. The standard InChI is InChI=1S/C11H10FNOS2/c1-11(2)9(14)13(10(15)16-11)8-6-4-3-5-7(8)12/h3-6H,1-2H3. The van der Waals surface area contributed by atoms with E-state index < -0.39 is 10.6 Å². The zero-order valence-corrected chi connectivity index (χ0v) is 10.5. The van der Waals surface area contributed by atoms with Crippen LogP contribution < -0.4 is 4.90 Å². The molecule has 2 nitrogen and oxygen atoms in total. The molecule has 0 aliphatic carbocycles. The van der Waals surface area contributed by atoms with Gasteiger partial charge in [0.1, 0.15) is 10.1 Å². The summed E-state index contributed by atoms with van der Waals surface area (Å²) in [6.45, 7) is 3.57. The molecule has 1 aliphatic rings. The second kappa shape index (κ2) is 3.82. The van der Waals surface area contributed by atoms with Crippen molar-refractivity contribution >= 4 is 39.9 Å². The van der Waals surface area contributed by atoms with Crippen LogP contribution in [0.5, 0.6) is 0 Å². The first-order valence-corrected chi connectivity index (χ1v) is 5.98. The quantitative estimate of drug-likeness (QED) is 0.720. The Labute approximate surface area is 103 Å². The minimum atomic E-state index is -0.612. The molecule has 0 aromatic heterocycles. The van der Waals surface area contributed by atoms with E-state index in [2.05, 4.69) is 0 Å². The van der Waals surface area contributed by atoms with Gasteiger partial charge in [0, 0.05) is 0 Å². The minimum Gasteiger partial charge on any atom is -0.272 e. The van der Waals surface area contributed by atoms with E-state index in [1.54, 1.807) is 32.0 Å². The summed E-state index contributed by atoms with van der Waals surface area (Å²) in [4.78, 5) is 13.3. The average Bonchev–Trinajstić information content (AvgIpc) is 2.39. The highest BCUT2D eigenvalue weighted by Gasteiger charge is 2.44. The summed E-state index contributed by atoms with van der Waals surface area (Å²) < 4.78 is 13.4. The summed E-state index contributed by atoms with van der Waals surface area (Å²) in [5.74, 6) is -0.607. The Bertz CT molecular complexity index is 473.